The van der Waals surface area contributed by atoms with Gasteiger partial charge in [0.2, 0.25) is 5.91 Å². The molecular weight excluding hydrogens is 255 g/mol. The Labute approximate surface area is 112 Å². The maximum atomic E-state index is 12.7. The van der Waals surface area contributed by atoms with Gasteiger partial charge in [-0.25, -0.2) is 9.18 Å². The molecule has 0 radical (unpaired) electrons. The Balaban J connectivity index is 2.52. The number of ether oxygens (including phenoxy) is 2. The van der Waals surface area contributed by atoms with E-state index < -0.39 is 23.9 Å². The fourth-order valence-electron chi connectivity index (χ4n) is 1.62. The number of alkyl carbamates (subject to hydrolysis) is 1. The van der Waals surface area contributed by atoms with Gasteiger partial charge >= 0.3 is 6.09 Å². The second-order valence-electron chi connectivity index (χ2n) is 5.49. The lowest BCUT2D eigenvalue weighted by atomic mass is 10.1. The number of nitrogens with one attached hydrogen (secondary N) is 1. The summed E-state index contributed by atoms with van der Waals surface area (Å²) in [6, 6.07) is -0.854. The monoisotopic (exact) mass is 276 g/mol. The molecule has 0 aromatic carbocycles. The van der Waals surface area contributed by atoms with Gasteiger partial charge in [-0.1, -0.05) is 0 Å². The van der Waals surface area contributed by atoms with Gasteiger partial charge in [0.15, 0.2) is 0 Å². The Hall–Kier alpha value is -1.37. The van der Waals surface area contributed by atoms with Gasteiger partial charge in [0.1, 0.15) is 17.8 Å². The molecule has 0 unspecified atom stereocenters. The van der Waals surface area contributed by atoms with Crippen molar-refractivity contribution in [1.82, 2.24) is 10.2 Å². The van der Waals surface area contributed by atoms with E-state index in [1.165, 1.54) is 12.0 Å². The quantitative estimate of drug-likeness (QED) is 0.821. The van der Waals surface area contributed by atoms with Crippen LogP contribution in [0.4, 0.5) is 9.18 Å². The van der Waals surface area contributed by atoms with E-state index >= 15 is 0 Å². The number of methoxy groups -OCH3 is 1. The van der Waals surface area contributed by atoms with Crippen LogP contribution in [-0.4, -0.2) is 61.5 Å². The summed E-state index contributed by atoms with van der Waals surface area (Å²) in [7, 11) is 1.42. The SMILES string of the molecule is COC[C@@H](NC(=O)OC(C)(C)C)C(=O)N1CC(F)C1. The summed E-state index contributed by atoms with van der Waals surface area (Å²) in [5, 5.41) is 2.44. The Morgan fingerprint density at radius 2 is 2.00 bits per heavy atom. The standard InChI is InChI=1S/C12H21FN2O4/c1-12(2,3)19-11(17)14-9(7-18-4)10(16)15-5-8(13)6-15/h8-9H,5-7H2,1-4H3,(H,14,17)/t9-/m1/s1. The molecule has 0 aromatic rings. The third-order valence-corrected chi connectivity index (χ3v) is 2.47. The van der Waals surface area contributed by atoms with Crippen molar-refractivity contribution in [2.24, 2.45) is 0 Å². The first-order valence-corrected chi connectivity index (χ1v) is 6.14. The molecule has 2 amide bonds. The molecule has 1 aliphatic heterocycles. The number of hydrogen-bond acceptors (Lipinski definition) is 4. The van der Waals surface area contributed by atoms with Crippen molar-refractivity contribution in [2.75, 3.05) is 26.8 Å². The second kappa shape index (κ2) is 6.18. The Bertz CT molecular complexity index is 337. The number of rotatable bonds is 4. The van der Waals surface area contributed by atoms with Crippen molar-refractivity contribution in [3.8, 4) is 0 Å². The molecule has 0 saturated carbocycles. The number of carbonyl (C=O) groups excluding carboxylic acids is 2. The average Bonchev–Trinajstić information content (AvgIpc) is 2.20. The van der Waals surface area contributed by atoms with Crippen LogP contribution in [0.5, 0.6) is 0 Å². The minimum absolute atomic E-state index is 0.0194. The minimum Gasteiger partial charge on any atom is -0.444 e. The van der Waals surface area contributed by atoms with Crippen molar-refractivity contribution in [3.05, 3.63) is 0 Å². The van der Waals surface area contributed by atoms with Crippen molar-refractivity contribution in [3.63, 3.8) is 0 Å². The smallest absolute Gasteiger partial charge is 0.408 e. The average molecular weight is 276 g/mol. The number of carbonyl (C=O) groups is 2. The van der Waals surface area contributed by atoms with Crippen LogP contribution in [0.2, 0.25) is 0 Å². The van der Waals surface area contributed by atoms with Gasteiger partial charge in [0.05, 0.1) is 19.7 Å². The van der Waals surface area contributed by atoms with Crippen LogP contribution in [0.25, 0.3) is 0 Å². The third kappa shape index (κ3) is 5.02. The summed E-state index contributed by atoms with van der Waals surface area (Å²) in [4.78, 5) is 24.9. The highest BCUT2D eigenvalue weighted by atomic mass is 19.1. The largest absolute Gasteiger partial charge is 0.444 e. The van der Waals surface area contributed by atoms with Gasteiger partial charge in [-0.2, -0.15) is 0 Å². The number of amides is 2. The molecule has 7 heteroatoms. The molecule has 1 atom stereocenters. The summed E-state index contributed by atoms with van der Waals surface area (Å²) in [5.41, 5.74) is -0.647. The van der Waals surface area contributed by atoms with Crippen LogP contribution in [-0.2, 0) is 14.3 Å². The number of nitrogens with zero attached hydrogens (tertiary/aromatic N) is 1. The van der Waals surface area contributed by atoms with E-state index in [-0.39, 0.29) is 25.6 Å². The number of likely N-dealkylation sites (tertiary alicyclic amines) is 1. The van der Waals surface area contributed by atoms with E-state index in [0.29, 0.717) is 0 Å². The predicted octanol–water partition coefficient (Wildman–Crippen LogP) is 0.706. The first kappa shape index (κ1) is 15.7. The Kier molecular flexibility index (Phi) is 5.11. The van der Waals surface area contributed by atoms with Gasteiger partial charge < -0.3 is 19.7 Å². The number of alkyl halides is 1. The van der Waals surface area contributed by atoms with Gasteiger partial charge in [-0.05, 0) is 20.8 Å². The Morgan fingerprint density at radius 3 is 2.42 bits per heavy atom. The van der Waals surface area contributed by atoms with E-state index in [0.717, 1.165) is 0 Å². The number of hydrogen-bond donors (Lipinski definition) is 1. The molecule has 0 aliphatic carbocycles. The molecule has 1 saturated heterocycles. The molecule has 1 rings (SSSR count). The van der Waals surface area contributed by atoms with Crippen LogP contribution in [0.1, 0.15) is 20.8 Å². The van der Waals surface area contributed by atoms with Crippen LogP contribution in [0, 0.1) is 0 Å². The van der Waals surface area contributed by atoms with E-state index in [9.17, 15) is 14.0 Å². The zero-order valence-corrected chi connectivity index (χ0v) is 11.7. The van der Waals surface area contributed by atoms with E-state index in [1.54, 1.807) is 20.8 Å². The fraction of sp³-hybridized carbons (Fsp3) is 0.833. The maximum absolute atomic E-state index is 12.7. The fourth-order valence-corrected chi connectivity index (χ4v) is 1.62. The van der Waals surface area contributed by atoms with Gasteiger partial charge in [0.25, 0.3) is 0 Å². The van der Waals surface area contributed by atoms with Crippen molar-refractivity contribution >= 4 is 12.0 Å². The second-order valence-corrected chi connectivity index (χ2v) is 5.49. The van der Waals surface area contributed by atoms with Crippen LogP contribution < -0.4 is 5.32 Å². The zero-order chi connectivity index (χ0) is 14.6. The molecule has 0 aromatic heterocycles. The molecule has 110 valence electrons. The molecule has 1 aliphatic rings. The molecule has 6 nitrogen and oxygen atoms in total. The van der Waals surface area contributed by atoms with Crippen LogP contribution >= 0.6 is 0 Å². The summed E-state index contributed by atoms with van der Waals surface area (Å²) < 4.78 is 22.7. The van der Waals surface area contributed by atoms with Gasteiger partial charge in [-0.15, -0.1) is 0 Å². The van der Waals surface area contributed by atoms with Crippen LogP contribution in [0.3, 0.4) is 0 Å². The summed E-state index contributed by atoms with van der Waals surface area (Å²) >= 11 is 0. The summed E-state index contributed by atoms with van der Waals surface area (Å²) in [6.45, 7) is 5.32. The van der Waals surface area contributed by atoms with Crippen molar-refractivity contribution in [1.29, 1.82) is 0 Å². The summed E-state index contributed by atoms with van der Waals surface area (Å²) in [6.07, 6.45) is -1.67. The molecule has 1 fully saturated rings. The van der Waals surface area contributed by atoms with Gasteiger partial charge in [0, 0.05) is 7.11 Å². The highest BCUT2D eigenvalue weighted by molar-refractivity contribution is 5.86. The first-order valence-electron chi connectivity index (χ1n) is 6.14. The number of halogens is 1. The topological polar surface area (TPSA) is 67.9 Å². The normalized spacial score (nSPS) is 17.6. The zero-order valence-electron chi connectivity index (χ0n) is 11.7. The lowest BCUT2D eigenvalue weighted by molar-refractivity contribution is -0.141. The lowest BCUT2D eigenvalue weighted by Gasteiger charge is -2.36. The maximum Gasteiger partial charge on any atom is 0.408 e. The molecular formula is C12H21FN2O4. The molecule has 19 heavy (non-hydrogen) atoms. The van der Waals surface area contributed by atoms with Crippen molar-refractivity contribution < 1.29 is 23.5 Å². The summed E-state index contributed by atoms with van der Waals surface area (Å²) in [5.74, 6) is -0.360. The van der Waals surface area contributed by atoms with E-state index in [4.69, 9.17) is 9.47 Å². The van der Waals surface area contributed by atoms with Gasteiger partial charge in [-0.3, -0.25) is 4.79 Å². The first-order chi connectivity index (χ1) is 8.73. The van der Waals surface area contributed by atoms with E-state index in [2.05, 4.69) is 5.32 Å². The highest BCUT2D eigenvalue weighted by Crippen LogP contribution is 2.13. The van der Waals surface area contributed by atoms with E-state index in [1.807, 2.05) is 0 Å². The highest BCUT2D eigenvalue weighted by Gasteiger charge is 2.35. The molecule has 1 heterocycles. The molecule has 1 N–H and O–H groups in total. The predicted molar refractivity (Wildman–Crippen MR) is 66.5 cm³/mol. The Morgan fingerprint density at radius 1 is 1.42 bits per heavy atom. The molecule has 0 bridgehead atoms. The lowest BCUT2D eigenvalue weighted by Crippen LogP contribution is -2.59. The molecule has 0 spiro atoms. The van der Waals surface area contributed by atoms with Crippen LogP contribution in [0.15, 0.2) is 0 Å². The minimum atomic E-state index is -0.978. The van der Waals surface area contributed by atoms with Crippen molar-refractivity contribution in [2.45, 2.75) is 38.6 Å². The third-order valence-electron chi connectivity index (χ3n) is 2.47.